The first-order valence-electron chi connectivity index (χ1n) is 17.0. The number of benzene rings is 3. The zero-order chi connectivity index (χ0) is 33.5. The maximum absolute atomic E-state index is 12.9. The molecule has 0 N–H and O–H groups in total. The molecule has 1 spiro atoms. The predicted molar refractivity (Wildman–Crippen MR) is 190 cm³/mol. The SMILES string of the molecule is CN(C(=O)OC(C)(C)C)C1CCN(c2ccc3c(-c4cccnc4OC(c4ccccc4)c4ccccc4)nn(C)c3c2)C2(CCC2)C1. The minimum Gasteiger partial charge on any atom is -0.464 e. The standard InChI is InChI=1S/C40H45N5O3/c1-39(2,3)48-38(46)43(4)31-21-25-45(40(27-31)22-13-23-40)30-19-20-32-34(26-30)44(5)42-35(32)33-18-12-24-41-37(33)47-36(28-14-8-6-9-15-28)29-16-10-7-11-17-29/h6-12,14-20,24,26,31,36H,13,21-23,25,27H2,1-5H3. The summed E-state index contributed by atoms with van der Waals surface area (Å²) in [5.74, 6) is 0.545. The number of anilines is 1. The van der Waals surface area contributed by atoms with Crippen molar-refractivity contribution in [3.05, 3.63) is 108 Å². The lowest BCUT2D eigenvalue weighted by Gasteiger charge is -2.57. The first-order valence-corrected chi connectivity index (χ1v) is 17.0. The van der Waals surface area contributed by atoms with Crippen LogP contribution in [0.2, 0.25) is 0 Å². The van der Waals surface area contributed by atoms with E-state index in [2.05, 4.69) is 47.4 Å². The summed E-state index contributed by atoms with van der Waals surface area (Å²) in [6.45, 7) is 6.64. The van der Waals surface area contributed by atoms with Crippen molar-refractivity contribution in [2.24, 2.45) is 7.05 Å². The van der Waals surface area contributed by atoms with Crippen molar-refractivity contribution >= 4 is 22.7 Å². The van der Waals surface area contributed by atoms with Crippen LogP contribution < -0.4 is 9.64 Å². The number of aromatic nitrogens is 3. The molecule has 8 heteroatoms. The average molecular weight is 644 g/mol. The smallest absolute Gasteiger partial charge is 0.410 e. The van der Waals surface area contributed by atoms with Crippen LogP contribution >= 0.6 is 0 Å². The molecule has 1 saturated heterocycles. The zero-order valence-corrected chi connectivity index (χ0v) is 28.6. The van der Waals surface area contributed by atoms with Gasteiger partial charge < -0.3 is 19.3 Å². The molecule has 2 aromatic heterocycles. The highest BCUT2D eigenvalue weighted by Crippen LogP contribution is 2.48. The van der Waals surface area contributed by atoms with Gasteiger partial charge in [-0.2, -0.15) is 5.10 Å². The molecule has 1 aliphatic heterocycles. The predicted octanol–water partition coefficient (Wildman–Crippen LogP) is 8.56. The van der Waals surface area contributed by atoms with Crippen molar-refractivity contribution in [2.75, 3.05) is 18.5 Å². The Morgan fingerprint density at radius 2 is 1.65 bits per heavy atom. The summed E-state index contributed by atoms with van der Waals surface area (Å²) in [6, 6.07) is 31.4. The number of nitrogens with zero attached hydrogens (tertiary/aromatic N) is 5. The third kappa shape index (κ3) is 6.12. The number of aryl methyl sites for hydroxylation is 1. The highest BCUT2D eigenvalue weighted by atomic mass is 16.6. The Kier molecular flexibility index (Phi) is 8.36. The van der Waals surface area contributed by atoms with Crippen molar-refractivity contribution < 1.29 is 14.3 Å². The Labute approximate surface area is 283 Å². The molecule has 1 atom stereocenters. The van der Waals surface area contributed by atoms with E-state index in [9.17, 15) is 4.79 Å². The molecule has 48 heavy (non-hydrogen) atoms. The lowest BCUT2D eigenvalue weighted by atomic mass is 9.68. The van der Waals surface area contributed by atoms with Crippen LogP contribution in [0.15, 0.2) is 97.2 Å². The minimum absolute atomic E-state index is 0.0442. The van der Waals surface area contributed by atoms with Crippen molar-refractivity contribution in [1.82, 2.24) is 19.7 Å². The zero-order valence-electron chi connectivity index (χ0n) is 28.6. The van der Waals surface area contributed by atoms with E-state index in [4.69, 9.17) is 19.6 Å². The molecule has 7 rings (SSSR count). The Morgan fingerprint density at radius 3 is 2.27 bits per heavy atom. The van der Waals surface area contributed by atoms with Gasteiger partial charge in [0.2, 0.25) is 5.88 Å². The molecule has 1 aliphatic carbocycles. The maximum atomic E-state index is 12.9. The molecule has 2 aliphatic rings. The summed E-state index contributed by atoms with van der Waals surface area (Å²) in [6.07, 6.45) is 6.51. The Balaban J connectivity index is 1.18. The average Bonchev–Trinajstić information content (AvgIpc) is 3.41. The summed E-state index contributed by atoms with van der Waals surface area (Å²) in [5.41, 5.74) is 5.61. The van der Waals surface area contributed by atoms with Gasteiger partial charge in [-0.3, -0.25) is 4.68 Å². The molecular weight excluding hydrogens is 598 g/mol. The molecule has 1 saturated carbocycles. The molecule has 1 unspecified atom stereocenters. The number of carbonyl (C=O) groups excluding carboxylic acids is 1. The largest absolute Gasteiger partial charge is 0.464 e. The van der Waals surface area contributed by atoms with Gasteiger partial charge in [-0.15, -0.1) is 0 Å². The van der Waals surface area contributed by atoms with E-state index < -0.39 is 5.60 Å². The fourth-order valence-corrected chi connectivity index (χ4v) is 7.41. The van der Waals surface area contributed by atoms with Crippen LogP contribution in [0, 0.1) is 0 Å². The minimum atomic E-state index is -0.508. The van der Waals surface area contributed by atoms with E-state index in [1.54, 1.807) is 6.20 Å². The molecule has 0 bridgehead atoms. The number of carbonyl (C=O) groups is 1. The van der Waals surface area contributed by atoms with E-state index in [-0.39, 0.29) is 23.8 Å². The van der Waals surface area contributed by atoms with Gasteiger partial charge in [0.15, 0.2) is 6.10 Å². The van der Waals surface area contributed by atoms with Crippen LogP contribution in [0.4, 0.5) is 10.5 Å². The monoisotopic (exact) mass is 643 g/mol. The van der Waals surface area contributed by atoms with Gasteiger partial charge in [0.05, 0.1) is 11.1 Å². The van der Waals surface area contributed by atoms with Crippen molar-refractivity contribution in [3.63, 3.8) is 0 Å². The molecule has 1 amide bonds. The van der Waals surface area contributed by atoms with Crippen molar-refractivity contribution in [1.29, 1.82) is 0 Å². The van der Waals surface area contributed by atoms with Crippen LogP contribution in [-0.4, -0.2) is 56.5 Å². The molecule has 3 heterocycles. The molecular formula is C40H45N5O3. The number of fused-ring (bicyclic) bond motifs is 1. The maximum Gasteiger partial charge on any atom is 0.410 e. The number of amides is 1. The van der Waals surface area contributed by atoms with Crippen LogP contribution in [0.3, 0.4) is 0 Å². The lowest BCUT2D eigenvalue weighted by molar-refractivity contribution is 0.0124. The van der Waals surface area contributed by atoms with Gasteiger partial charge in [0.1, 0.15) is 11.3 Å². The second-order valence-corrected chi connectivity index (χ2v) is 14.3. The second kappa shape index (κ2) is 12.6. The topological polar surface area (TPSA) is 72.7 Å². The van der Waals surface area contributed by atoms with Crippen LogP contribution in [-0.2, 0) is 11.8 Å². The van der Waals surface area contributed by atoms with E-state index in [0.29, 0.717) is 5.88 Å². The number of ether oxygens (including phenoxy) is 2. The summed E-state index contributed by atoms with van der Waals surface area (Å²) in [7, 11) is 3.90. The van der Waals surface area contributed by atoms with Gasteiger partial charge in [0, 0.05) is 49.5 Å². The third-order valence-corrected chi connectivity index (χ3v) is 9.99. The fourth-order valence-electron chi connectivity index (χ4n) is 7.41. The molecule has 8 nitrogen and oxygen atoms in total. The van der Waals surface area contributed by atoms with E-state index in [0.717, 1.165) is 65.5 Å². The number of piperidine rings is 1. The number of hydrogen-bond donors (Lipinski definition) is 0. The Bertz CT molecular complexity index is 1860. The second-order valence-electron chi connectivity index (χ2n) is 14.3. The Morgan fingerprint density at radius 1 is 0.958 bits per heavy atom. The van der Waals surface area contributed by atoms with Crippen molar-refractivity contribution in [2.45, 2.75) is 76.2 Å². The van der Waals surface area contributed by atoms with E-state index >= 15 is 0 Å². The lowest BCUT2D eigenvalue weighted by Crippen LogP contribution is -2.62. The molecule has 5 aromatic rings. The number of rotatable bonds is 7. The summed E-state index contributed by atoms with van der Waals surface area (Å²) in [5, 5.41) is 6.09. The van der Waals surface area contributed by atoms with Gasteiger partial charge in [-0.25, -0.2) is 9.78 Å². The van der Waals surface area contributed by atoms with Gasteiger partial charge in [-0.05, 0) is 94.3 Å². The first-order chi connectivity index (χ1) is 23.1. The van der Waals surface area contributed by atoms with E-state index in [1.165, 1.54) is 12.1 Å². The summed E-state index contributed by atoms with van der Waals surface area (Å²) >= 11 is 0. The quantitative estimate of drug-likeness (QED) is 0.177. The fraction of sp³-hybridized carbons (Fsp3) is 0.375. The Hall–Kier alpha value is -4.85. The molecule has 2 fully saturated rings. The van der Waals surface area contributed by atoms with Crippen LogP contribution in [0.5, 0.6) is 5.88 Å². The highest BCUT2D eigenvalue weighted by molar-refractivity contribution is 5.96. The third-order valence-electron chi connectivity index (χ3n) is 9.99. The number of pyridine rings is 1. The van der Waals surface area contributed by atoms with Gasteiger partial charge in [0.25, 0.3) is 0 Å². The van der Waals surface area contributed by atoms with Gasteiger partial charge in [-0.1, -0.05) is 60.7 Å². The molecule has 0 radical (unpaired) electrons. The normalized spacial score (nSPS) is 17.4. The molecule has 248 valence electrons. The first kappa shape index (κ1) is 31.7. The van der Waals surface area contributed by atoms with Crippen LogP contribution in [0.1, 0.15) is 70.1 Å². The van der Waals surface area contributed by atoms with Gasteiger partial charge >= 0.3 is 6.09 Å². The van der Waals surface area contributed by atoms with E-state index in [1.807, 2.05) is 93.0 Å². The summed E-state index contributed by atoms with van der Waals surface area (Å²) < 4.78 is 14.4. The van der Waals surface area contributed by atoms with Crippen LogP contribution in [0.25, 0.3) is 22.2 Å². The van der Waals surface area contributed by atoms with Crippen molar-refractivity contribution in [3.8, 4) is 17.1 Å². The number of hydrogen-bond acceptors (Lipinski definition) is 6. The highest BCUT2D eigenvalue weighted by Gasteiger charge is 2.48. The molecule has 3 aromatic carbocycles. The summed E-state index contributed by atoms with van der Waals surface area (Å²) in [4.78, 5) is 22.1.